The number of benzene rings is 1. The molecule has 0 saturated carbocycles. The number of unbranched alkanes of at least 4 members (excludes halogenated alkanes) is 2. The molecule has 1 aliphatic rings. The van der Waals surface area contributed by atoms with Gasteiger partial charge in [-0.3, -0.25) is 14.5 Å². The minimum absolute atomic E-state index is 0.176. The monoisotopic (exact) mass is 383 g/mol. The lowest BCUT2D eigenvalue weighted by molar-refractivity contribution is -0.136. The number of hydrogen-bond donors (Lipinski definition) is 0. The molecular weight excluding hydrogens is 358 g/mol. The minimum atomic E-state index is -0.178. The Morgan fingerprint density at radius 1 is 1.07 bits per heavy atom. The summed E-state index contributed by atoms with van der Waals surface area (Å²) in [6, 6.07) is 9.70. The number of thioether (sulfide) groups is 1. The highest BCUT2D eigenvalue weighted by molar-refractivity contribution is 8.03. The molecule has 2 heterocycles. The molecule has 0 fully saturated rings. The number of nitrogens with zero attached hydrogens (tertiary/aromatic N) is 1. The van der Waals surface area contributed by atoms with E-state index in [4.69, 9.17) is 4.42 Å². The van der Waals surface area contributed by atoms with E-state index < -0.39 is 0 Å². The summed E-state index contributed by atoms with van der Waals surface area (Å²) in [7, 11) is 0. The largest absolute Gasteiger partial charge is 0.468 e. The standard InChI is InChI=1S/C22H25NO3S/c1-4-5-6-11-23-21(24)19(18-10-9-15(2)13-16(18)3)20(22(23)25)27-14-17-8-7-12-26-17/h7-10,12-13H,4-6,11,14H2,1-3H3. The highest BCUT2D eigenvalue weighted by Gasteiger charge is 2.39. The van der Waals surface area contributed by atoms with E-state index in [1.165, 1.54) is 16.7 Å². The molecule has 0 bridgehead atoms. The maximum atomic E-state index is 13.1. The van der Waals surface area contributed by atoms with Gasteiger partial charge in [-0.15, -0.1) is 11.8 Å². The number of imide groups is 1. The van der Waals surface area contributed by atoms with Gasteiger partial charge >= 0.3 is 0 Å². The minimum Gasteiger partial charge on any atom is -0.468 e. The SMILES string of the molecule is CCCCCN1C(=O)C(SCc2ccco2)=C(c2ccc(C)cc2C)C1=O. The van der Waals surface area contributed by atoms with Gasteiger partial charge < -0.3 is 4.42 Å². The van der Waals surface area contributed by atoms with Crippen LogP contribution in [0, 0.1) is 13.8 Å². The Bertz CT molecular complexity index is 868. The Kier molecular flexibility index (Phi) is 6.22. The molecule has 142 valence electrons. The summed E-state index contributed by atoms with van der Waals surface area (Å²) in [6.07, 6.45) is 4.51. The Morgan fingerprint density at radius 3 is 2.56 bits per heavy atom. The van der Waals surface area contributed by atoms with E-state index in [0.717, 1.165) is 41.7 Å². The van der Waals surface area contributed by atoms with Crippen molar-refractivity contribution >= 4 is 29.1 Å². The molecule has 2 amide bonds. The van der Waals surface area contributed by atoms with Crippen LogP contribution < -0.4 is 0 Å². The molecule has 27 heavy (non-hydrogen) atoms. The molecule has 0 unspecified atom stereocenters. The van der Waals surface area contributed by atoms with Gasteiger partial charge in [0, 0.05) is 6.54 Å². The highest BCUT2D eigenvalue weighted by Crippen LogP contribution is 2.38. The molecule has 1 aromatic carbocycles. The van der Waals surface area contributed by atoms with Crippen LogP contribution in [0.25, 0.3) is 5.57 Å². The van der Waals surface area contributed by atoms with Crippen molar-refractivity contribution in [2.45, 2.75) is 45.8 Å². The normalized spacial score (nSPS) is 14.6. The van der Waals surface area contributed by atoms with Crippen molar-refractivity contribution < 1.29 is 14.0 Å². The molecular formula is C22H25NO3S. The summed E-state index contributed by atoms with van der Waals surface area (Å²) < 4.78 is 5.39. The maximum absolute atomic E-state index is 13.1. The van der Waals surface area contributed by atoms with Crippen LogP contribution in [-0.2, 0) is 15.3 Å². The first-order chi connectivity index (χ1) is 13.0. The van der Waals surface area contributed by atoms with Crippen LogP contribution in [0.1, 0.15) is 48.6 Å². The van der Waals surface area contributed by atoms with E-state index in [1.807, 2.05) is 38.1 Å². The van der Waals surface area contributed by atoms with Crippen molar-refractivity contribution in [2.24, 2.45) is 0 Å². The Hall–Kier alpha value is -2.27. The van der Waals surface area contributed by atoms with Crippen LogP contribution >= 0.6 is 11.8 Å². The predicted molar refractivity (Wildman–Crippen MR) is 109 cm³/mol. The van der Waals surface area contributed by atoms with Gasteiger partial charge in [0.1, 0.15) is 5.76 Å². The molecule has 1 aromatic heterocycles. The smallest absolute Gasteiger partial charge is 0.267 e. The number of rotatable bonds is 8. The second-order valence-corrected chi connectivity index (χ2v) is 7.85. The molecule has 0 atom stereocenters. The number of carbonyl (C=O) groups is 2. The van der Waals surface area contributed by atoms with E-state index >= 15 is 0 Å². The molecule has 0 aliphatic carbocycles. The molecule has 0 saturated heterocycles. The average molecular weight is 384 g/mol. The Morgan fingerprint density at radius 2 is 1.89 bits per heavy atom. The summed E-state index contributed by atoms with van der Waals surface area (Å²) in [5.41, 5.74) is 3.53. The maximum Gasteiger partial charge on any atom is 0.267 e. The average Bonchev–Trinajstić information content (AvgIpc) is 3.22. The van der Waals surface area contributed by atoms with Gasteiger partial charge in [-0.1, -0.05) is 43.5 Å². The van der Waals surface area contributed by atoms with Crippen LogP contribution in [0.2, 0.25) is 0 Å². The summed E-state index contributed by atoms with van der Waals surface area (Å²) in [5, 5.41) is 0. The fourth-order valence-electron chi connectivity index (χ4n) is 3.28. The zero-order valence-electron chi connectivity index (χ0n) is 16.1. The Labute approximate surface area is 164 Å². The number of carbonyl (C=O) groups excluding carboxylic acids is 2. The zero-order chi connectivity index (χ0) is 19.4. The topological polar surface area (TPSA) is 50.5 Å². The third kappa shape index (κ3) is 4.19. The summed E-state index contributed by atoms with van der Waals surface area (Å²) in [4.78, 5) is 28.1. The van der Waals surface area contributed by atoms with E-state index in [2.05, 4.69) is 13.0 Å². The van der Waals surface area contributed by atoms with Gasteiger partial charge in [-0.05, 0) is 43.5 Å². The van der Waals surface area contributed by atoms with Crippen molar-refractivity contribution in [1.82, 2.24) is 4.90 Å². The predicted octanol–water partition coefficient (Wildman–Crippen LogP) is 5.10. The number of hydrogen-bond acceptors (Lipinski definition) is 4. The second kappa shape index (κ2) is 8.61. The van der Waals surface area contributed by atoms with Gasteiger partial charge in [0.15, 0.2) is 0 Å². The van der Waals surface area contributed by atoms with Gasteiger partial charge in [-0.2, -0.15) is 0 Å². The molecule has 4 nitrogen and oxygen atoms in total. The van der Waals surface area contributed by atoms with E-state index in [0.29, 0.717) is 22.8 Å². The van der Waals surface area contributed by atoms with Crippen molar-refractivity contribution in [3.8, 4) is 0 Å². The van der Waals surface area contributed by atoms with Gasteiger partial charge in [-0.25, -0.2) is 0 Å². The van der Waals surface area contributed by atoms with Crippen LogP contribution in [0.4, 0.5) is 0 Å². The van der Waals surface area contributed by atoms with Gasteiger partial charge in [0.25, 0.3) is 11.8 Å². The van der Waals surface area contributed by atoms with Crippen LogP contribution in [0.5, 0.6) is 0 Å². The first kappa shape index (κ1) is 19.5. The highest BCUT2D eigenvalue weighted by atomic mass is 32.2. The Balaban J connectivity index is 1.94. The first-order valence-corrected chi connectivity index (χ1v) is 10.3. The third-order valence-electron chi connectivity index (χ3n) is 4.70. The second-order valence-electron chi connectivity index (χ2n) is 6.86. The van der Waals surface area contributed by atoms with Crippen LogP contribution in [0.3, 0.4) is 0 Å². The lowest BCUT2D eigenvalue weighted by atomic mass is 9.99. The molecule has 5 heteroatoms. The summed E-state index contributed by atoms with van der Waals surface area (Å²) in [5.74, 6) is 0.961. The van der Waals surface area contributed by atoms with Crippen LogP contribution in [-0.4, -0.2) is 23.3 Å². The molecule has 3 rings (SSSR count). The molecule has 2 aromatic rings. The molecule has 0 spiro atoms. The summed E-state index contributed by atoms with van der Waals surface area (Å²) in [6.45, 7) is 6.60. The van der Waals surface area contributed by atoms with Crippen molar-refractivity contribution in [1.29, 1.82) is 0 Å². The molecule has 0 radical (unpaired) electrons. The quantitative estimate of drug-likeness (QED) is 0.470. The number of aryl methyl sites for hydroxylation is 2. The molecule has 0 N–H and O–H groups in total. The molecule has 1 aliphatic heterocycles. The summed E-state index contributed by atoms with van der Waals surface area (Å²) >= 11 is 1.39. The lowest BCUT2D eigenvalue weighted by Crippen LogP contribution is -2.32. The van der Waals surface area contributed by atoms with Crippen molar-refractivity contribution in [2.75, 3.05) is 6.54 Å². The van der Waals surface area contributed by atoms with E-state index in [9.17, 15) is 9.59 Å². The van der Waals surface area contributed by atoms with Crippen molar-refractivity contribution in [3.05, 3.63) is 64.0 Å². The zero-order valence-corrected chi connectivity index (χ0v) is 16.9. The van der Waals surface area contributed by atoms with Crippen LogP contribution in [0.15, 0.2) is 45.9 Å². The number of amides is 2. The third-order valence-corrected chi connectivity index (χ3v) is 5.80. The number of furan rings is 1. The van der Waals surface area contributed by atoms with Gasteiger partial charge in [0.2, 0.25) is 0 Å². The first-order valence-electron chi connectivity index (χ1n) is 9.36. The van der Waals surface area contributed by atoms with E-state index in [1.54, 1.807) is 6.26 Å². The lowest BCUT2D eigenvalue weighted by Gasteiger charge is -2.15. The fraction of sp³-hybridized carbons (Fsp3) is 0.364. The van der Waals surface area contributed by atoms with Crippen molar-refractivity contribution in [3.63, 3.8) is 0 Å². The van der Waals surface area contributed by atoms with Gasteiger partial charge in [0.05, 0.1) is 22.5 Å². The fourth-order valence-corrected chi connectivity index (χ4v) is 4.31. The van der Waals surface area contributed by atoms with E-state index in [-0.39, 0.29) is 11.8 Å².